The van der Waals surface area contributed by atoms with Gasteiger partial charge in [0.05, 0.1) is 28.4 Å². The molecule has 0 unspecified atom stereocenters. The monoisotopic (exact) mass is 961 g/mol. The molecule has 300 valence electrons. The summed E-state index contributed by atoms with van der Waals surface area (Å²) in [5, 5.41) is 17.5. The van der Waals surface area contributed by atoms with Crippen LogP contribution in [0.1, 0.15) is 20.7 Å². The molecular formula is C43H42N8O6Pt. The fourth-order valence-electron chi connectivity index (χ4n) is 5.67. The Hall–Kier alpha value is -6.92. The van der Waals surface area contributed by atoms with Crippen molar-refractivity contribution in [3.63, 3.8) is 0 Å². The predicted octanol–water partition coefficient (Wildman–Crippen LogP) is 7.92. The first-order chi connectivity index (χ1) is 27.5. The van der Waals surface area contributed by atoms with Crippen molar-refractivity contribution in [2.24, 2.45) is 4.99 Å². The standard InChI is InChI=1S/C18H22N5O4.C14H12N2O2.C11H8N.Pt/c1-24-13-5-11(6-14(9-13)25-2)21-17(19)23-18(20)22-12-7-15(26-3)10-16(8-12)27-4;1-16(2)11-7-6-10-12-8(11)4-3-5-9(12)13(17)15-14(10)18;1-2-6-10(7-3-1)11-8-4-5-9-12-11;/h5-10H,1-4H3,(H4-,19,20,21,22,23);3-7H,1-2H3,(H,15,17,18);1-6,8-9H;/q-1;;-1;+2. The van der Waals surface area contributed by atoms with Crippen LogP contribution in [0.5, 0.6) is 23.0 Å². The quantitative estimate of drug-likeness (QED) is 0.0506. The molecule has 0 fully saturated rings. The number of hydrogen-bond donors (Lipinski definition) is 4. The number of ether oxygens (including phenoxy) is 4. The van der Waals surface area contributed by atoms with Crippen LogP contribution in [0.4, 0.5) is 17.1 Å². The second kappa shape index (κ2) is 20.8. The van der Waals surface area contributed by atoms with E-state index in [-0.39, 0.29) is 44.8 Å². The Bertz CT molecular complexity index is 2290. The van der Waals surface area contributed by atoms with E-state index in [1.807, 2.05) is 79.7 Å². The third kappa shape index (κ3) is 11.3. The molecule has 1 aliphatic heterocycles. The number of aromatic nitrogens is 1. The summed E-state index contributed by atoms with van der Waals surface area (Å²) in [5.41, 5.74) is 13.2. The smallest absolute Gasteiger partial charge is 0.497 e. The van der Waals surface area contributed by atoms with Crippen molar-refractivity contribution in [1.82, 2.24) is 10.3 Å². The topological polar surface area (TPSA) is 183 Å². The van der Waals surface area contributed by atoms with Gasteiger partial charge in [-0.1, -0.05) is 24.3 Å². The summed E-state index contributed by atoms with van der Waals surface area (Å²) < 4.78 is 20.7. The number of carbonyl (C=O) groups excluding carboxylic acids is 2. The van der Waals surface area contributed by atoms with Crippen LogP contribution in [0.15, 0.2) is 120 Å². The van der Waals surface area contributed by atoms with Crippen LogP contribution in [0.3, 0.4) is 0 Å². The maximum Gasteiger partial charge on any atom is 2.00 e. The summed E-state index contributed by atoms with van der Waals surface area (Å²) in [6.07, 6.45) is 1.79. The fourth-order valence-corrected chi connectivity index (χ4v) is 5.67. The van der Waals surface area contributed by atoms with Gasteiger partial charge in [-0.3, -0.25) is 20.3 Å². The minimum absolute atomic E-state index is 0. The molecule has 0 saturated carbocycles. The number of anilines is 3. The molecule has 14 nitrogen and oxygen atoms in total. The van der Waals surface area contributed by atoms with E-state index in [4.69, 9.17) is 30.1 Å². The van der Waals surface area contributed by atoms with Crippen molar-refractivity contribution >= 4 is 51.6 Å². The summed E-state index contributed by atoms with van der Waals surface area (Å²) in [5.74, 6) is 1.18. The molecule has 6 aromatic rings. The van der Waals surface area contributed by atoms with Crippen molar-refractivity contribution in [1.29, 1.82) is 5.41 Å². The number of amides is 2. The van der Waals surface area contributed by atoms with Crippen LogP contribution in [0, 0.1) is 11.5 Å². The maximum absolute atomic E-state index is 11.8. The number of aliphatic imine (C=N–C) groups is 1. The van der Waals surface area contributed by atoms with Crippen molar-refractivity contribution in [3.8, 4) is 34.3 Å². The minimum atomic E-state index is -0.325. The van der Waals surface area contributed by atoms with Crippen molar-refractivity contribution in [3.05, 3.63) is 138 Å². The molecule has 1 aliphatic rings. The largest absolute Gasteiger partial charge is 2.00 e. The molecule has 5 aromatic carbocycles. The van der Waals surface area contributed by atoms with Gasteiger partial charge in [-0.15, -0.1) is 35.9 Å². The molecule has 58 heavy (non-hydrogen) atoms. The van der Waals surface area contributed by atoms with E-state index in [1.54, 1.807) is 54.7 Å². The van der Waals surface area contributed by atoms with E-state index in [1.165, 1.54) is 28.4 Å². The van der Waals surface area contributed by atoms with Crippen LogP contribution in [0.25, 0.3) is 27.8 Å². The third-order valence-electron chi connectivity index (χ3n) is 8.32. The van der Waals surface area contributed by atoms with Gasteiger partial charge in [0.25, 0.3) is 11.8 Å². The van der Waals surface area contributed by atoms with E-state index in [0.29, 0.717) is 45.5 Å². The molecule has 2 amide bonds. The van der Waals surface area contributed by atoms with Crippen LogP contribution >= 0.6 is 0 Å². The van der Waals surface area contributed by atoms with Crippen LogP contribution in [0.2, 0.25) is 0 Å². The summed E-state index contributed by atoms with van der Waals surface area (Å²) in [7, 11) is 10.0. The van der Waals surface area contributed by atoms with Gasteiger partial charge < -0.3 is 50.2 Å². The molecular weight excluding hydrogens is 920 g/mol. The average molecular weight is 962 g/mol. The number of nitrogens with zero attached hydrogens (tertiary/aromatic N) is 3. The first kappa shape index (κ1) is 43.8. The molecule has 1 aromatic heterocycles. The number of methoxy groups -OCH3 is 4. The zero-order chi connectivity index (χ0) is 40.9. The van der Waals surface area contributed by atoms with Crippen LogP contribution < -0.4 is 39.8 Å². The Morgan fingerprint density at radius 3 is 1.83 bits per heavy atom. The number of benzene rings is 5. The fraction of sp³-hybridized carbons (Fsp3) is 0.140. The van der Waals surface area contributed by atoms with Crippen LogP contribution in [-0.4, -0.2) is 71.3 Å². The molecule has 0 aliphatic carbocycles. The molecule has 0 spiro atoms. The summed E-state index contributed by atoms with van der Waals surface area (Å²) in [6, 6.07) is 36.2. The number of carbonyl (C=O) groups is 2. The molecule has 7 rings (SSSR count). The number of guanidine groups is 2. The third-order valence-corrected chi connectivity index (χ3v) is 8.32. The zero-order valence-electron chi connectivity index (χ0n) is 32.6. The molecule has 0 atom stereocenters. The normalized spacial score (nSPS) is 11.2. The van der Waals surface area contributed by atoms with Gasteiger partial charge in [0, 0.05) is 83.8 Å². The van der Waals surface area contributed by atoms with Crippen molar-refractivity contribution in [2.45, 2.75) is 0 Å². The van der Waals surface area contributed by atoms with Gasteiger partial charge in [0.2, 0.25) is 0 Å². The molecule has 2 heterocycles. The Kier molecular flexibility index (Phi) is 15.7. The van der Waals surface area contributed by atoms with E-state index in [9.17, 15) is 9.59 Å². The van der Waals surface area contributed by atoms with Crippen LogP contribution in [-0.2, 0) is 21.1 Å². The molecule has 0 radical (unpaired) electrons. The Labute approximate surface area is 351 Å². The van der Waals surface area contributed by atoms with E-state index >= 15 is 0 Å². The van der Waals surface area contributed by atoms with Crippen molar-refractivity contribution in [2.75, 3.05) is 58.1 Å². The summed E-state index contributed by atoms with van der Waals surface area (Å²) in [4.78, 5) is 33.7. The van der Waals surface area contributed by atoms with Gasteiger partial charge in [-0.2, -0.15) is 0 Å². The van der Waals surface area contributed by atoms with Crippen molar-refractivity contribution < 1.29 is 49.6 Å². The van der Waals surface area contributed by atoms with E-state index in [0.717, 1.165) is 27.7 Å². The average Bonchev–Trinajstić information content (AvgIpc) is 3.23. The zero-order valence-corrected chi connectivity index (χ0v) is 34.8. The summed E-state index contributed by atoms with van der Waals surface area (Å²) in [6.45, 7) is 0. The molecule has 15 heteroatoms. The molecule has 0 saturated heterocycles. The first-order valence-corrected chi connectivity index (χ1v) is 17.4. The SMILES string of the molecule is CN(C)c1ccc2c3c(cccc13)C(=O)NC2=O.COc1cc(NC(=N)/N=C(\[NH-])Nc2cc(OC)cc(OC)c2)cc(OC)c1.[Pt+2].[c-]1ccccc1-c1ccccn1. The van der Waals surface area contributed by atoms with Gasteiger partial charge in [0.15, 0.2) is 0 Å². The molecule has 5 N–H and O–H groups in total. The van der Waals surface area contributed by atoms with Gasteiger partial charge in [-0.05, 0) is 47.8 Å². The van der Waals surface area contributed by atoms with Gasteiger partial charge in [0.1, 0.15) is 29.0 Å². The Morgan fingerprint density at radius 1 is 0.741 bits per heavy atom. The number of rotatable bonds is 8. The summed E-state index contributed by atoms with van der Waals surface area (Å²) >= 11 is 0. The Balaban J connectivity index is 0.000000206. The second-order valence-corrected chi connectivity index (χ2v) is 12.3. The first-order valence-electron chi connectivity index (χ1n) is 17.4. The number of nitrogens with one attached hydrogen (secondary N) is 5. The molecule has 0 bridgehead atoms. The predicted molar refractivity (Wildman–Crippen MR) is 224 cm³/mol. The second-order valence-electron chi connectivity index (χ2n) is 12.3. The maximum atomic E-state index is 11.8. The number of imide groups is 1. The number of hydrogen-bond acceptors (Lipinski definition) is 9. The number of pyridine rings is 1. The van der Waals surface area contributed by atoms with Gasteiger partial charge >= 0.3 is 21.1 Å². The van der Waals surface area contributed by atoms with Gasteiger partial charge in [-0.25, -0.2) is 0 Å². The van der Waals surface area contributed by atoms with E-state index < -0.39 is 0 Å². The Morgan fingerprint density at radius 2 is 1.31 bits per heavy atom. The minimum Gasteiger partial charge on any atom is -0.497 e. The van der Waals surface area contributed by atoms with E-state index in [2.05, 4.69) is 32.0 Å².